The second-order valence-electron chi connectivity index (χ2n) is 5.18. The molecule has 0 atom stereocenters. The van der Waals surface area contributed by atoms with Gasteiger partial charge in [0.2, 0.25) is 0 Å². The van der Waals surface area contributed by atoms with Crippen LogP contribution in [0.5, 0.6) is 0 Å². The van der Waals surface area contributed by atoms with E-state index in [1.54, 1.807) is 7.05 Å². The van der Waals surface area contributed by atoms with Gasteiger partial charge in [-0.25, -0.2) is 8.42 Å². The number of rotatable bonds is 5. The third-order valence-electron chi connectivity index (χ3n) is 3.12. The zero-order valence-electron chi connectivity index (χ0n) is 12.3. The van der Waals surface area contributed by atoms with E-state index < -0.39 is 9.84 Å². The zero-order chi connectivity index (χ0) is 14.6. The van der Waals surface area contributed by atoms with Gasteiger partial charge in [0.15, 0.2) is 15.8 Å². The summed E-state index contributed by atoms with van der Waals surface area (Å²) in [4.78, 5) is 4.16. The maximum atomic E-state index is 11.4. The van der Waals surface area contributed by atoms with Gasteiger partial charge in [0.1, 0.15) is 0 Å². The number of nitrogens with zero attached hydrogens (tertiary/aromatic N) is 1. The number of nitrogens with one attached hydrogen (secondary N) is 2. The van der Waals surface area contributed by atoms with Gasteiger partial charge in [-0.15, -0.1) is 24.0 Å². The lowest BCUT2D eigenvalue weighted by atomic mass is 10.1. The predicted octanol–water partition coefficient (Wildman–Crippen LogP) is 1.68. The summed E-state index contributed by atoms with van der Waals surface area (Å²) in [5.41, 5.74) is 1.82. The monoisotopic (exact) mass is 423 g/mol. The molecule has 1 aliphatic rings. The Labute approximate surface area is 143 Å². The Morgan fingerprint density at radius 3 is 2.43 bits per heavy atom. The summed E-state index contributed by atoms with van der Waals surface area (Å²) in [5, 5.41) is 6.53. The minimum atomic E-state index is -3.03. The first-order chi connectivity index (χ1) is 9.48. The molecule has 7 heteroatoms. The molecule has 0 aliphatic heterocycles. The van der Waals surface area contributed by atoms with Crippen molar-refractivity contribution in [1.29, 1.82) is 0 Å². The van der Waals surface area contributed by atoms with E-state index in [4.69, 9.17) is 0 Å². The van der Waals surface area contributed by atoms with Crippen LogP contribution in [0.25, 0.3) is 0 Å². The van der Waals surface area contributed by atoms with Crippen LogP contribution >= 0.6 is 24.0 Å². The second kappa shape index (κ2) is 7.98. The lowest BCUT2D eigenvalue weighted by Crippen LogP contribution is -2.38. The summed E-state index contributed by atoms with van der Waals surface area (Å²) >= 11 is 0. The summed E-state index contributed by atoms with van der Waals surface area (Å²) in [6.45, 7) is 0.568. The third-order valence-corrected chi connectivity index (χ3v) is 3.96. The maximum absolute atomic E-state index is 11.4. The van der Waals surface area contributed by atoms with Crippen LogP contribution in [0.3, 0.4) is 0 Å². The highest BCUT2D eigenvalue weighted by Crippen LogP contribution is 2.18. The Morgan fingerprint density at radius 1 is 1.29 bits per heavy atom. The molecule has 0 unspecified atom stereocenters. The molecule has 1 aromatic rings. The van der Waals surface area contributed by atoms with Crippen molar-refractivity contribution in [2.75, 3.05) is 13.3 Å². The summed E-state index contributed by atoms with van der Waals surface area (Å²) in [6, 6.07) is 8.11. The molecule has 0 saturated heterocycles. The first-order valence-corrected chi connectivity index (χ1v) is 8.75. The van der Waals surface area contributed by atoms with E-state index in [0.29, 0.717) is 12.6 Å². The van der Waals surface area contributed by atoms with Crippen LogP contribution in [0.2, 0.25) is 0 Å². The van der Waals surface area contributed by atoms with Crippen LogP contribution in [-0.4, -0.2) is 33.7 Å². The molecule has 2 rings (SSSR count). The average molecular weight is 423 g/mol. The summed E-state index contributed by atoms with van der Waals surface area (Å²) in [5.74, 6) is 0.834. The fraction of sp³-hybridized carbons (Fsp3) is 0.500. The van der Waals surface area contributed by atoms with E-state index in [9.17, 15) is 8.42 Å². The molecule has 5 nitrogen and oxygen atoms in total. The summed E-state index contributed by atoms with van der Waals surface area (Å²) in [7, 11) is -1.29. The Bertz CT molecular complexity index is 598. The molecule has 0 spiro atoms. The molecular weight excluding hydrogens is 401 g/mol. The maximum Gasteiger partial charge on any atom is 0.191 e. The molecule has 2 N–H and O–H groups in total. The first kappa shape index (κ1) is 18.2. The van der Waals surface area contributed by atoms with Crippen LogP contribution in [0.1, 0.15) is 24.0 Å². The van der Waals surface area contributed by atoms with Crippen molar-refractivity contribution in [2.24, 2.45) is 4.99 Å². The van der Waals surface area contributed by atoms with Gasteiger partial charge in [0.05, 0.1) is 5.75 Å². The van der Waals surface area contributed by atoms with Crippen molar-refractivity contribution >= 4 is 39.8 Å². The van der Waals surface area contributed by atoms with Gasteiger partial charge in [-0.3, -0.25) is 4.99 Å². The highest BCUT2D eigenvalue weighted by atomic mass is 127. The van der Waals surface area contributed by atoms with Crippen molar-refractivity contribution in [3.63, 3.8) is 0 Å². The lowest BCUT2D eigenvalue weighted by molar-refractivity contribution is 0.601. The largest absolute Gasteiger partial charge is 0.354 e. The van der Waals surface area contributed by atoms with Crippen LogP contribution in [0.4, 0.5) is 0 Å². The van der Waals surface area contributed by atoms with E-state index in [2.05, 4.69) is 15.6 Å². The molecule has 1 aliphatic carbocycles. The van der Waals surface area contributed by atoms with Gasteiger partial charge in [0.25, 0.3) is 0 Å². The first-order valence-electron chi connectivity index (χ1n) is 6.69. The molecule has 118 valence electrons. The number of halogens is 1. The van der Waals surface area contributed by atoms with Crippen molar-refractivity contribution in [2.45, 2.75) is 31.2 Å². The number of hydrogen-bond acceptors (Lipinski definition) is 3. The van der Waals surface area contributed by atoms with Gasteiger partial charge in [-0.05, 0) is 24.0 Å². The lowest BCUT2D eigenvalue weighted by Gasteiger charge is -2.13. The predicted molar refractivity (Wildman–Crippen MR) is 96.8 cm³/mol. The van der Waals surface area contributed by atoms with Crippen molar-refractivity contribution in [3.05, 3.63) is 35.4 Å². The minimum Gasteiger partial charge on any atom is -0.354 e. The van der Waals surface area contributed by atoms with E-state index in [-0.39, 0.29) is 29.7 Å². The van der Waals surface area contributed by atoms with Gasteiger partial charge < -0.3 is 10.6 Å². The van der Waals surface area contributed by atoms with Crippen molar-refractivity contribution in [3.8, 4) is 0 Å². The number of guanidine groups is 1. The topological polar surface area (TPSA) is 70.6 Å². The molecule has 1 fully saturated rings. The average Bonchev–Trinajstić information content (AvgIpc) is 3.18. The van der Waals surface area contributed by atoms with Crippen LogP contribution in [0.15, 0.2) is 29.3 Å². The molecule has 0 bridgehead atoms. The number of aliphatic imine (C=N–C) groups is 1. The second-order valence-corrected chi connectivity index (χ2v) is 7.32. The normalized spacial score (nSPS) is 15.2. The van der Waals surface area contributed by atoms with E-state index >= 15 is 0 Å². The Morgan fingerprint density at radius 2 is 1.90 bits per heavy atom. The Hall–Kier alpha value is -0.830. The van der Waals surface area contributed by atoms with Crippen LogP contribution in [-0.2, 0) is 22.1 Å². The third kappa shape index (κ3) is 6.64. The van der Waals surface area contributed by atoms with Gasteiger partial charge in [-0.1, -0.05) is 24.3 Å². The Kier molecular flexibility index (Phi) is 6.92. The molecule has 0 heterocycles. The van der Waals surface area contributed by atoms with Crippen LogP contribution < -0.4 is 10.6 Å². The highest BCUT2D eigenvalue weighted by Gasteiger charge is 2.22. The van der Waals surface area contributed by atoms with E-state index in [1.165, 1.54) is 19.1 Å². The fourth-order valence-electron chi connectivity index (χ4n) is 1.95. The minimum absolute atomic E-state index is 0. The molecule has 1 saturated carbocycles. The quantitative estimate of drug-likeness (QED) is 0.430. The number of benzene rings is 1. The zero-order valence-corrected chi connectivity index (χ0v) is 15.4. The molecule has 0 amide bonds. The molecule has 0 aromatic heterocycles. The highest BCUT2D eigenvalue weighted by molar-refractivity contribution is 14.0. The van der Waals surface area contributed by atoms with Crippen molar-refractivity contribution < 1.29 is 8.42 Å². The standard InChI is InChI=1S/C14H21N3O2S.HI/c1-15-14(17-13-7-8-13)16-9-11-5-3-4-6-12(11)10-20(2,18)19;/h3-6,13H,7-10H2,1-2H3,(H2,15,16,17);1H. The Balaban J connectivity index is 0.00000220. The smallest absolute Gasteiger partial charge is 0.191 e. The molecule has 21 heavy (non-hydrogen) atoms. The van der Waals surface area contributed by atoms with E-state index in [0.717, 1.165) is 17.1 Å². The van der Waals surface area contributed by atoms with E-state index in [1.807, 2.05) is 24.3 Å². The fourth-order valence-corrected chi connectivity index (χ4v) is 2.79. The van der Waals surface area contributed by atoms with Crippen molar-refractivity contribution in [1.82, 2.24) is 10.6 Å². The number of hydrogen-bond donors (Lipinski definition) is 2. The molecular formula is C14H22IN3O2S. The summed E-state index contributed by atoms with van der Waals surface area (Å²) < 4.78 is 22.9. The van der Waals surface area contributed by atoms with Gasteiger partial charge in [0, 0.05) is 25.9 Å². The van der Waals surface area contributed by atoms with Gasteiger partial charge >= 0.3 is 0 Å². The molecule has 1 aromatic carbocycles. The molecule has 0 radical (unpaired) electrons. The van der Waals surface area contributed by atoms with Gasteiger partial charge in [-0.2, -0.15) is 0 Å². The summed E-state index contributed by atoms with van der Waals surface area (Å²) in [6.07, 6.45) is 3.63. The number of sulfone groups is 1. The SMILES string of the molecule is CN=C(NCc1ccccc1CS(C)(=O)=O)NC1CC1.I. The van der Waals surface area contributed by atoms with Crippen LogP contribution in [0, 0.1) is 0 Å².